The van der Waals surface area contributed by atoms with Crippen LogP contribution in [0.4, 0.5) is 0 Å². The molecule has 1 N–H and O–H groups in total. The number of likely N-dealkylation sites (N-methyl/N-ethyl adjacent to an activating group) is 2. The third-order valence-electron chi connectivity index (χ3n) is 3.44. The van der Waals surface area contributed by atoms with Crippen LogP contribution in [0.15, 0.2) is 24.5 Å². The number of amides is 1. The summed E-state index contributed by atoms with van der Waals surface area (Å²) >= 11 is 0. The Kier molecular flexibility index (Phi) is 4.28. The van der Waals surface area contributed by atoms with Crippen molar-refractivity contribution in [1.29, 1.82) is 0 Å². The normalized spacial score (nSPS) is 21.8. The number of aromatic nitrogens is 1. The van der Waals surface area contributed by atoms with Crippen molar-refractivity contribution < 1.29 is 4.79 Å². The minimum Gasteiger partial charge on any atom is -0.358 e. The highest BCUT2D eigenvalue weighted by molar-refractivity contribution is 5.81. The SMILES string of the molecule is CNC(=O)C1CN(Cc2ccncc2)CCN1C. The van der Waals surface area contributed by atoms with Gasteiger partial charge in [0.15, 0.2) is 0 Å². The van der Waals surface area contributed by atoms with E-state index in [9.17, 15) is 4.79 Å². The second-order valence-corrected chi connectivity index (χ2v) is 4.70. The maximum atomic E-state index is 11.8. The molecule has 0 radical (unpaired) electrons. The third-order valence-corrected chi connectivity index (χ3v) is 3.44. The topological polar surface area (TPSA) is 48.5 Å². The Morgan fingerprint density at radius 2 is 2.17 bits per heavy atom. The van der Waals surface area contributed by atoms with Gasteiger partial charge in [0.05, 0.1) is 0 Å². The van der Waals surface area contributed by atoms with Crippen LogP contribution < -0.4 is 5.32 Å². The van der Waals surface area contributed by atoms with Gasteiger partial charge in [-0.2, -0.15) is 0 Å². The first-order chi connectivity index (χ1) is 8.70. The molecular formula is C13H20N4O. The summed E-state index contributed by atoms with van der Waals surface area (Å²) in [6.07, 6.45) is 3.61. The van der Waals surface area contributed by atoms with Crippen molar-refractivity contribution in [2.45, 2.75) is 12.6 Å². The van der Waals surface area contributed by atoms with Crippen LogP contribution in [0.2, 0.25) is 0 Å². The van der Waals surface area contributed by atoms with Gasteiger partial charge in [-0.25, -0.2) is 0 Å². The number of nitrogens with one attached hydrogen (secondary N) is 1. The van der Waals surface area contributed by atoms with Crippen LogP contribution in [-0.4, -0.2) is 60.5 Å². The Morgan fingerprint density at radius 1 is 1.44 bits per heavy atom. The van der Waals surface area contributed by atoms with Gasteiger partial charge in [-0.3, -0.25) is 19.6 Å². The van der Waals surface area contributed by atoms with E-state index < -0.39 is 0 Å². The van der Waals surface area contributed by atoms with Crippen molar-refractivity contribution in [2.75, 3.05) is 33.7 Å². The first-order valence-corrected chi connectivity index (χ1v) is 6.24. The van der Waals surface area contributed by atoms with Crippen molar-refractivity contribution in [2.24, 2.45) is 0 Å². The van der Waals surface area contributed by atoms with Crippen LogP contribution in [0, 0.1) is 0 Å². The van der Waals surface area contributed by atoms with E-state index in [0.29, 0.717) is 0 Å². The largest absolute Gasteiger partial charge is 0.358 e. The fraction of sp³-hybridized carbons (Fsp3) is 0.538. The summed E-state index contributed by atoms with van der Waals surface area (Å²) in [5, 5.41) is 2.73. The minimum absolute atomic E-state index is 0.0504. The number of pyridine rings is 1. The smallest absolute Gasteiger partial charge is 0.238 e. The minimum atomic E-state index is -0.0504. The van der Waals surface area contributed by atoms with Gasteiger partial charge in [-0.1, -0.05) is 0 Å². The fourth-order valence-corrected chi connectivity index (χ4v) is 2.27. The van der Waals surface area contributed by atoms with Crippen LogP contribution >= 0.6 is 0 Å². The van der Waals surface area contributed by atoms with E-state index in [1.54, 1.807) is 7.05 Å². The van der Waals surface area contributed by atoms with Gasteiger partial charge < -0.3 is 5.32 Å². The molecule has 0 bridgehead atoms. The predicted octanol–water partition coefficient (Wildman–Crippen LogP) is -0.0564. The summed E-state index contributed by atoms with van der Waals surface area (Å²) in [6.45, 7) is 3.57. The molecule has 98 valence electrons. The zero-order valence-electron chi connectivity index (χ0n) is 11.0. The Morgan fingerprint density at radius 3 is 2.83 bits per heavy atom. The average Bonchev–Trinajstić information content (AvgIpc) is 2.41. The van der Waals surface area contributed by atoms with Gasteiger partial charge in [0.1, 0.15) is 6.04 Å². The standard InChI is InChI=1S/C13H20N4O/c1-14-13(18)12-10-17(8-7-16(12)2)9-11-3-5-15-6-4-11/h3-6,12H,7-10H2,1-2H3,(H,14,18). The summed E-state index contributed by atoms with van der Waals surface area (Å²) in [6, 6.07) is 3.99. The molecule has 2 heterocycles. The second-order valence-electron chi connectivity index (χ2n) is 4.70. The molecule has 0 aromatic carbocycles. The molecule has 1 aliphatic heterocycles. The molecule has 5 heteroatoms. The van der Waals surface area contributed by atoms with Gasteiger partial charge in [-0.15, -0.1) is 0 Å². The number of rotatable bonds is 3. The van der Waals surface area contributed by atoms with Crippen molar-refractivity contribution in [3.05, 3.63) is 30.1 Å². The first kappa shape index (κ1) is 13.0. The number of piperazine rings is 1. The van der Waals surface area contributed by atoms with Crippen LogP contribution in [0.3, 0.4) is 0 Å². The first-order valence-electron chi connectivity index (χ1n) is 6.24. The Balaban J connectivity index is 1.97. The number of carbonyl (C=O) groups is 1. The molecule has 5 nitrogen and oxygen atoms in total. The predicted molar refractivity (Wildman–Crippen MR) is 70.0 cm³/mol. The number of hydrogen-bond acceptors (Lipinski definition) is 4. The summed E-state index contributed by atoms with van der Waals surface area (Å²) in [4.78, 5) is 20.2. The van der Waals surface area contributed by atoms with Crippen LogP contribution in [0.1, 0.15) is 5.56 Å². The molecule has 0 saturated carbocycles. The van der Waals surface area contributed by atoms with Crippen molar-refractivity contribution >= 4 is 5.91 Å². The number of nitrogens with zero attached hydrogens (tertiary/aromatic N) is 3. The third kappa shape index (κ3) is 3.05. The Bertz CT molecular complexity index is 395. The summed E-state index contributed by atoms with van der Waals surface area (Å²) in [5.74, 6) is 0.0944. The van der Waals surface area contributed by atoms with Crippen LogP contribution in [0.5, 0.6) is 0 Å². The lowest BCUT2D eigenvalue weighted by atomic mass is 10.1. The highest BCUT2D eigenvalue weighted by Crippen LogP contribution is 2.11. The van der Waals surface area contributed by atoms with Crippen molar-refractivity contribution in [3.8, 4) is 0 Å². The summed E-state index contributed by atoms with van der Waals surface area (Å²) in [7, 11) is 3.70. The molecule has 1 saturated heterocycles. The van der Waals surface area contributed by atoms with Gasteiger partial charge in [0, 0.05) is 45.6 Å². The quantitative estimate of drug-likeness (QED) is 0.814. The van der Waals surface area contributed by atoms with E-state index in [1.807, 2.05) is 31.6 Å². The molecule has 0 aliphatic carbocycles. The summed E-state index contributed by atoms with van der Waals surface area (Å²) in [5.41, 5.74) is 1.24. The molecule has 1 atom stereocenters. The highest BCUT2D eigenvalue weighted by Gasteiger charge is 2.29. The van der Waals surface area contributed by atoms with Gasteiger partial charge >= 0.3 is 0 Å². The zero-order chi connectivity index (χ0) is 13.0. The zero-order valence-corrected chi connectivity index (χ0v) is 11.0. The lowest BCUT2D eigenvalue weighted by Gasteiger charge is -2.38. The maximum Gasteiger partial charge on any atom is 0.238 e. The lowest BCUT2D eigenvalue weighted by molar-refractivity contribution is -0.127. The Labute approximate surface area is 108 Å². The maximum absolute atomic E-state index is 11.8. The fourth-order valence-electron chi connectivity index (χ4n) is 2.27. The van der Waals surface area contributed by atoms with Crippen LogP contribution in [-0.2, 0) is 11.3 Å². The molecule has 0 spiro atoms. The van der Waals surface area contributed by atoms with Crippen LogP contribution in [0.25, 0.3) is 0 Å². The molecule has 1 unspecified atom stereocenters. The molecule has 18 heavy (non-hydrogen) atoms. The molecule has 1 fully saturated rings. The van der Waals surface area contributed by atoms with E-state index in [2.05, 4.69) is 20.1 Å². The second kappa shape index (κ2) is 5.93. The molecule has 1 aromatic rings. The van der Waals surface area contributed by atoms with Crippen molar-refractivity contribution in [3.63, 3.8) is 0 Å². The highest BCUT2D eigenvalue weighted by atomic mass is 16.2. The Hall–Kier alpha value is -1.46. The van der Waals surface area contributed by atoms with Gasteiger partial charge in [0.25, 0.3) is 0 Å². The average molecular weight is 248 g/mol. The lowest BCUT2D eigenvalue weighted by Crippen LogP contribution is -2.56. The molecule has 1 amide bonds. The molecule has 1 aliphatic rings. The monoisotopic (exact) mass is 248 g/mol. The van der Waals surface area contributed by atoms with Gasteiger partial charge in [0.2, 0.25) is 5.91 Å². The molecule has 1 aromatic heterocycles. The van der Waals surface area contributed by atoms with E-state index in [4.69, 9.17) is 0 Å². The van der Waals surface area contributed by atoms with E-state index in [-0.39, 0.29) is 11.9 Å². The van der Waals surface area contributed by atoms with Gasteiger partial charge in [-0.05, 0) is 24.7 Å². The molecule has 2 rings (SSSR count). The summed E-state index contributed by atoms with van der Waals surface area (Å²) < 4.78 is 0. The number of carbonyl (C=O) groups excluding carboxylic acids is 1. The van der Waals surface area contributed by atoms with Crippen molar-refractivity contribution in [1.82, 2.24) is 20.1 Å². The van der Waals surface area contributed by atoms with E-state index >= 15 is 0 Å². The number of hydrogen-bond donors (Lipinski definition) is 1. The van der Waals surface area contributed by atoms with E-state index in [1.165, 1.54) is 5.56 Å². The molecular weight excluding hydrogens is 228 g/mol. The van der Waals surface area contributed by atoms with E-state index in [0.717, 1.165) is 26.2 Å².